The van der Waals surface area contributed by atoms with Crippen LogP contribution in [-0.4, -0.2) is 37.2 Å². The fourth-order valence-electron chi connectivity index (χ4n) is 7.32. The average Bonchev–Trinajstić information content (AvgIpc) is 3.30. The second-order valence-electron chi connectivity index (χ2n) is 17.8. The quantitative estimate of drug-likeness (QED) is 0.0262. The molecule has 372 valence electrons. The first-order valence-corrected chi connectivity index (χ1v) is 27.1. The van der Waals surface area contributed by atoms with E-state index < -0.39 is 6.10 Å². The lowest BCUT2D eigenvalue weighted by Crippen LogP contribution is -2.30. The number of hydrogen-bond acceptors (Lipinski definition) is 6. The van der Waals surface area contributed by atoms with E-state index in [2.05, 4.69) is 106 Å². The maximum absolute atomic E-state index is 12.8. The molecule has 0 saturated carbocycles. The molecule has 0 aliphatic heterocycles. The topological polar surface area (TPSA) is 78.9 Å². The van der Waals surface area contributed by atoms with Gasteiger partial charge in [-0.25, -0.2) is 0 Å². The maximum Gasteiger partial charge on any atom is 0.306 e. The Morgan fingerprint density at radius 2 is 0.631 bits per heavy atom. The van der Waals surface area contributed by atoms with Gasteiger partial charge in [0.15, 0.2) is 6.10 Å². The highest BCUT2D eigenvalue weighted by Gasteiger charge is 2.19. The standard InChI is InChI=1S/C59H100O6/c1-4-7-10-13-16-19-22-25-28-30-32-34-37-40-43-46-49-52-58(61)64-55-56(54-63-57(60)51-48-45-42-39-36-33-27-24-21-18-15-12-9-6-3)65-59(62)53-50-47-44-41-38-35-31-29-26-23-20-17-14-11-8-5-2/h7,10,15-16,18-19,24-25,27-28,32,34,40,43,56H,4-6,8-9,11-14,17,20-23,26,29-31,33,35-39,41-42,44-55H2,1-3H3/b10-7+,18-15+,19-16+,27-24+,28-25+,34-32+,43-40+/t56-/m1/s1. The molecule has 0 fully saturated rings. The van der Waals surface area contributed by atoms with E-state index in [4.69, 9.17) is 14.2 Å². The number of carbonyl (C=O) groups excluding carboxylic acids is 3. The van der Waals surface area contributed by atoms with Crippen molar-refractivity contribution in [2.75, 3.05) is 13.2 Å². The van der Waals surface area contributed by atoms with Crippen molar-refractivity contribution in [2.24, 2.45) is 0 Å². The van der Waals surface area contributed by atoms with E-state index >= 15 is 0 Å². The highest BCUT2D eigenvalue weighted by Crippen LogP contribution is 2.15. The van der Waals surface area contributed by atoms with E-state index in [1.165, 1.54) is 103 Å². The largest absolute Gasteiger partial charge is 0.462 e. The molecule has 0 spiro atoms. The summed E-state index contributed by atoms with van der Waals surface area (Å²) in [5, 5.41) is 0. The van der Waals surface area contributed by atoms with Crippen LogP contribution in [0.3, 0.4) is 0 Å². The number of esters is 3. The van der Waals surface area contributed by atoms with E-state index in [0.717, 1.165) is 103 Å². The van der Waals surface area contributed by atoms with Gasteiger partial charge in [0, 0.05) is 19.3 Å². The van der Waals surface area contributed by atoms with Crippen LogP contribution in [0, 0.1) is 0 Å². The Bertz CT molecular complexity index is 1270. The van der Waals surface area contributed by atoms with Crippen LogP contribution in [-0.2, 0) is 28.6 Å². The van der Waals surface area contributed by atoms with Gasteiger partial charge in [0.2, 0.25) is 0 Å². The minimum absolute atomic E-state index is 0.100. The first-order chi connectivity index (χ1) is 32.0. The molecule has 0 N–H and O–H groups in total. The van der Waals surface area contributed by atoms with Crippen molar-refractivity contribution in [2.45, 2.75) is 258 Å². The number of carbonyl (C=O) groups is 3. The minimum Gasteiger partial charge on any atom is -0.462 e. The fraction of sp³-hybridized carbons (Fsp3) is 0.712. The molecule has 6 nitrogen and oxygen atoms in total. The van der Waals surface area contributed by atoms with Crippen molar-refractivity contribution in [1.29, 1.82) is 0 Å². The number of rotatable bonds is 48. The summed E-state index contributed by atoms with van der Waals surface area (Å²) in [5.41, 5.74) is 0. The molecule has 6 heteroatoms. The summed E-state index contributed by atoms with van der Waals surface area (Å²) in [6.07, 6.45) is 68.6. The summed E-state index contributed by atoms with van der Waals surface area (Å²) >= 11 is 0. The zero-order chi connectivity index (χ0) is 47.2. The zero-order valence-electron chi connectivity index (χ0n) is 42.5. The third-order valence-corrected chi connectivity index (χ3v) is 11.4. The van der Waals surface area contributed by atoms with Gasteiger partial charge in [0.25, 0.3) is 0 Å². The summed E-state index contributed by atoms with van der Waals surface area (Å²) in [6.45, 7) is 6.43. The zero-order valence-corrected chi connectivity index (χ0v) is 42.5. The summed E-state index contributed by atoms with van der Waals surface area (Å²) in [4.78, 5) is 38.0. The molecule has 0 aromatic heterocycles. The molecule has 0 aliphatic carbocycles. The van der Waals surface area contributed by atoms with E-state index in [9.17, 15) is 14.4 Å². The van der Waals surface area contributed by atoms with Gasteiger partial charge in [-0.1, -0.05) is 234 Å². The van der Waals surface area contributed by atoms with E-state index in [0.29, 0.717) is 19.3 Å². The summed E-state index contributed by atoms with van der Waals surface area (Å²) in [7, 11) is 0. The monoisotopic (exact) mass is 905 g/mol. The summed E-state index contributed by atoms with van der Waals surface area (Å²) in [5.74, 6) is -0.969. The first-order valence-electron chi connectivity index (χ1n) is 27.1. The van der Waals surface area contributed by atoms with Crippen molar-refractivity contribution in [3.8, 4) is 0 Å². The average molecular weight is 905 g/mol. The molecule has 0 amide bonds. The van der Waals surface area contributed by atoms with Crippen molar-refractivity contribution in [1.82, 2.24) is 0 Å². The Hall–Kier alpha value is -3.41. The number of hydrogen-bond donors (Lipinski definition) is 0. The van der Waals surface area contributed by atoms with Crippen LogP contribution in [0.5, 0.6) is 0 Å². The highest BCUT2D eigenvalue weighted by atomic mass is 16.6. The fourth-order valence-corrected chi connectivity index (χ4v) is 7.32. The molecule has 0 heterocycles. The minimum atomic E-state index is -0.803. The Morgan fingerprint density at radius 1 is 0.323 bits per heavy atom. The van der Waals surface area contributed by atoms with Gasteiger partial charge in [-0.15, -0.1) is 0 Å². The number of ether oxygens (including phenoxy) is 3. The molecule has 0 rings (SSSR count). The van der Waals surface area contributed by atoms with Crippen LogP contribution in [0.4, 0.5) is 0 Å². The van der Waals surface area contributed by atoms with Crippen LogP contribution < -0.4 is 0 Å². The SMILES string of the molecule is CC/C=C/C/C=C/C/C=C/C/C=C/C/C=C/CCCC(=O)OC[C@@H](COC(=O)CCCCCCC/C=C/C/C=C/CCCC)OC(=O)CCCCCCCCCCCCCCCCCC. The first kappa shape index (κ1) is 61.6. The maximum atomic E-state index is 12.8. The van der Waals surface area contributed by atoms with E-state index in [1.807, 2.05) is 0 Å². The third kappa shape index (κ3) is 51.4. The third-order valence-electron chi connectivity index (χ3n) is 11.4. The molecule has 0 aliphatic rings. The van der Waals surface area contributed by atoms with Gasteiger partial charge in [0.1, 0.15) is 13.2 Å². The molecule has 0 bridgehead atoms. The number of allylic oxidation sites excluding steroid dienone is 14. The number of unbranched alkanes of at least 4 members (excludes halogenated alkanes) is 23. The summed E-state index contributed by atoms with van der Waals surface area (Å²) < 4.78 is 16.8. The van der Waals surface area contributed by atoms with Gasteiger partial charge in [-0.2, -0.15) is 0 Å². The van der Waals surface area contributed by atoms with Gasteiger partial charge in [-0.3, -0.25) is 14.4 Å². The second kappa shape index (κ2) is 53.2. The molecule has 0 aromatic carbocycles. The molecule has 0 radical (unpaired) electrons. The molecule has 0 unspecified atom stereocenters. The van der Waals surface area contributed by atoms with Crippen molar-refractivity contribution >= 4 is 17.9 Å². The highest BCUT2D eigenvalue weighted by molar-refractivity contribution is 5.71. The molecule has 1 atom stereocenters. The predicted octanol–water partition coefficient (Wildman–Crippen LogP) is 18.0. The van der Waals surface area contributed by atoms with Gasteiger partial charge >= 0.3 is 17.9 Å². The van der Waals surface area contributed by atoms with Gasteiger partial charge < -0.3 is 14.2 Å². The lowest BCUT2D eigenvalue weighted by Gasteiger charge is -2.18. The Morgan fingerprint density at radius 3 is 1.05 bits per heavy atom. The molecular weight excluding hydrogens is 805 g/mol. The van der Waals surface area contributed by atoms with Gasteiger partial charge in [-0.05, 0) is 83.5 Å². The van der Waals surface area contributed by atoms with Crippen molar-refractivity contribution < 1.29 is 28.6 Å². The van der Waals surface area contributed by atoms with E-state index in [-0.39, 0.29) is 37.5 Å². The molecule has 0 saturated heterocycles. The van der Waals surface area contributed by atoms with Crippen LogP contribution in [0.1, 0.15) is 252 Å². The van der Waals surface area contributed by atoms with Crippen LogP contribution in [0.2, 0.25) is 0 Å². The predicted molar refractivity (Wildman–Crippen MR) is 279 cm³/mol. The lowest BCUT2D eigenvalue weighted by molar-refractivity contribution is -0.167. The second-order valence-corrected chi connectivity index (χ2v) is 17.8. The van der Waals surface area contributed by atoms with Gasteiger partial charge in [0.05, 0.1) is 0 Å². The van der Waals surface area contributed by atoms with Crippen LogP contribution in [0.15, 0.2) is 85.1 Å². The Labute approximate surface area is 401 Å². The van der Waals surface area contributed by atoms with Crippen LogP contribution in [0.25, 0.3) is 0 Å². The van der Waals surface area contributed by atoms with Crippen molar-refractivity contribution in [3.05, 3.63) is 85.1 Å². The van der Waals surface area contributed by atoms with Crippen molar-refractivity contribution in [3.63, 3.8) is 0 Å². The summed E-state index contributed by atoms with van der Waals surface area (Å²) in [6, 6.07) is 0. The smallest absolute Gasteiger partial charge is 0.306 e. The lowest BCUT2D eigenvalue weighted by atomic mass is 10.0. The normalized spacial score (nSPS) is 12.7. The van der Waals surface area contributed by atoms with E-state index in [1.54, 1.807) is 0 Å². The Balaban J connectivity index is 4.48. The molecular formula is C59H100O6. The molecule has 0 aromatic rings. The van der Waals surface area contributed by atoms with Crippen LogP contribution >= 0.6 is 0 Å². The Kier molecular flexibility index (Phi) is 50.4. The molecule has 65 heavy (non-hydrogen) atoms.